The molecule has 1 aromatic rings. The van der Waals surface area contributed by atoms with Crippen molar-refractivity contribution in [1.29, 1.82) is 0 Å². The van der Waals surface area contributed by atoms with E-state index in [9.17, 15) is 13.2 Å². The summed E-state index contributed by atoms with van der Waals surface area (Å²) in [6, 6.07) is 5.72. The van der Waals surface area contributed by atoms with Crippen LogP contribution in [0, 0.1) is 11.8 Å². The molecule has 2 aliphatic rings. The first kappa shape index (κ1) is 22.0. The molecule has 1 saturated carbocycles. The summed E-state index contributed by atoms with van der Waals surface area (Å²) in [7, 11) is 0. The third-order valence-corrected chi connectivity index (χ3v) is 6.98. The number of rotatable bonds is 2. The molecular formula is C18H18Cl2F3Zr. The van der Waals surface area contributed by atoms with E-state index in [0.29, 0.717) is 9.54 Å². The van der Waals surface area contributed by atoms with Gasteiger partial charge in [-0.05, 0) is 0 Å². The predicted molar refractivity (Wildman–Crippen MR) is 77.0 cm³/mol. The molecule has 6 heteroatoms. The molecule has 0 nitrogen and oxygen atoms in total. The molecule has 1 fully saturated rings. The summed E-state index contributed by atoms with van der Waals surface area (Å²) in [4.78, 5) is 0. The van der Waals surface area contributed by atoms with Crippen molar-refractivity contribution in [3.63, 3.8) is 0 Å². The second-order valence-corrected chi connectivity index (χ2v) is 7.71. The number of hydrogen-bond acceptors (Lipinski definition) is 0. The van der Waals surface area contributed by atoms with Crippen LogP contribution in [0.25, 0.3) is 0 Å². The Hall–Kier alpha value is -0.0469. The zero-order valence-corrected chi connectivity index (χ0v) is 17.1. The third kappa shape index (κ3) is 4.19. The van der Waals surface area contributed by atoms with Crippen molar-refractivity contribution in [3.05, 3.63) is 59.2 Å². The molecule has 24 heavy (non-hydrogen) atoms. The number of benzene rings is 1. The van der Waals surface area contributed by atoms with Gasteiger partial charge in [-0.3, -0.25) is 0 Å². The van der Waals surface area contributed by atoms with Crippen LogP contribution in [0.3, 0.4) is 0 Å². The number of allylic oxidation sites excluding steroid dienone is 4. The number of hydrogen-bond donors (Lipinski definition) is 0. The first-order valence-electron chi connectivity index (χ1n) is 7.68. The first-order valence-corrected chi connectivity index (χ1v) is 9.10. The fraction of sp³-hybridized carbons (Fsp3) is 0.444. The van der Waals surface area contributed by atoms with Crippen LogP contribution in [-0.2, 0) is 30.9 Å². The van der Waals surface area contributed by atoms with E-state index >= 15 is 0 Å². The molecule has 4 unspecified atom stereocenters. The van der Waals surface area contributed by atoms with Gasteiger partial charge in [0.25, 0.3) is 0 Å². The summed E-state index contributed by atoms with van der Waals surface area (Å²) < 4.78 is 38.8. The van der Waals surface area contributed by atoms with Crippen molar-refractivity contribution in [2.45, 2.75) is 35.5 Å². The average molecular weight is 453 g/mol. The van der Waals surface area contributed by atoms with E-state index in [1.54, 1.807) is 36.9 Å². The molecule has 1 aromatic carbocycles. The molecule has 0 aromatic heterocycles. The molecule has 0 N–H and O–H groups in total. The molecule has 129 valence electrons. The van der Waals surface area contributed by atoms with E-state index in [4.69, 9.17) is 0 Å². The van der Waals surface area contributed by atoms with E-state index in [1.165, 1.54) is 24.1 Å². The van der Waals surface area contributed by atoms with Crippen molar-refractivity contribution in [2.75, 3.05) is 0 Å². The number of alkyl halides is 3. The fourth-order valence-corrected chi connectivity index (χ4v) is 5.42. The Kier molecular flexibility index (Phi) is 7.84. The summed E-state index contributed by atoms with van der Waals surface area (Å²) in [6.45, 7) is 2.24. The van der Waals surface area contributed by atoms with Crippen LogP contribution in [0.4, 0.5) is 13.2 Å². The normalized spacial score (nSPS) is 28.5. The van der Waals surface area contributed by atoms with Crippen molar-refractivity contribution < 1.29 is 62.7 Å². The van der Waals surface area contributed by atoms with E-state index < -0.39 is 11.7 Å². The van der Waals surface area contributed by atoms with Gasteiger partial charge in [-0.25, -0.2) is 0 Å². The maximum absolute atomic E-state index is 12.7. The van der Waals surface area contributed by atoms with Gasteiger partial charge < -0.3 is 24.8 Å². The Labute approximate surface area is 168 Å². The van der Waals surface area contributed by atoms with Crippen LogP contribution in [0.1, 0.15) is 36.8 Å². The number of halogens is 5. The molecule has 0 saturated heterocycles. The van der Waals surface area contributed by atoms with Gasteiger partial charge in [-0.15, -0.1) is 0 Å². The topological polar surface area (TPSA) is 0 Å². The SMILES string of the molecule is CCC1CC2C(=CC=CC2c2ccc(C(F)(F)F)cc2)[CH]1[Zr+2].[Cl-].[Cl-]. The Balaban J connectivity index is 0.00000144. The summed E-state index contributed by atoms with van der Waals surface area (Å²) in [5, 5.41) is 0. The van der Waals surface area contributed by atoms with Gasteiger partial charge in [-0.1, -0.05) is 0 Å². The van der Waals surface area contributed by atoms with E-state index in [0.717, 1.165) is 17.9 Å². The maximum Gasteiger partial charge on any atom is -1.00 e. The van der Waals surface area contributed by atoms with Gasteiger partial charge in [0.15, 0.2) is 0 Å². The summed E-state index contributed by atoms with van der Waals surface area (Å²) in [6.07, 6.45) is 4.56. The molecule has 0 spiro atoms. The van der Waals surface area contributed by atoms with Gasteiger partial charge in [0.2, 0.25) is 0 Å². The second kappa shape index (κ2) is 8.56. The van der Waals surface area contributed by atoms with Crippen LogP contribution in [-0.4, -0.2) is 0 Å². The minimum Gasteiger partial charge on any atom is -1.00 e. The Morgan fingerprint density at radius 1 is 1.12 bits per heavy atom. The van der Waals surface area contributed by atoms with Crippen molar-refractivity contribution in [2.24, 2.45) is 11.8 Å². The molecule has 0 radical (unpaired) electrons. The fourth-order valence-electron chi connectivity index (χ4n) is 3.74. The van der Waals surface area contributed by atoms with Gasteiger partial charge in [0.05, 0.1) is 0 Å². The Morgan fingerprint density at radius 2 is 1.75 bits per heavy atom. The van der Waals surface area contributed by atoms with E-state index in [1.807, 2.05) is 0 Å². The van der Waals surface area contributed by atoms with Crippen LogP contribution < -0.4 is 24.8 Å². The molecule has 2 aliphatic carbocycles. The first-order chi connectivity index (χ1) is 10.4. The van der Waals surface area contributed by atoms with Crippen LogP contribution in [0.2, 0.25) is 3.63 Å². The zero-order valence-electron chi connectivity index (χ0n) is 13.2. The monoisotopic (exact) mass is 451 g/mol. The summed E-state index contributed by atoms with van der Waals surface area (Å²) in [5.74, 6) is 1.42. The van der Waals surface area contributed by atoms with Gasteiger partial charge in [0, 0.05) is 0 Å². The summed E-state index contributed by atoms with van der Waals surface area (Å²) >= 11 is 1.55. The maximum atomic E-state index is 12.7. The molecule has 4 atom stereocenters. The Morgan fingerprint density at radius 3 is 2.29 bits per heavy atom. The average Bonchev–Trinajstić information content (AvgIpc) is 2.83. The van der Waals surface area contributed by atoms with E-state index in [-0.39, 0.29) is 30.7 Å². The van der Waals surface area contributed by atoms with Crippen molar-refractivity contribution in [3.8, 4) is 0 Å². The van der Waals surface area contributed by atoms with Gasteiger partial charge in [0.1, 0.15) is 0 Å². The van der Waals surface area contributed by atoms with Gasteiger partial charge in [-0.2, -0.15) is 0 Å². The van der Waals surface area contributed by atoms with E-state index in [2.05, 4.69) is 25.2 Å². The van der Waals surface area contributed by atoms with Crippen LogP contribution >= 0.6 is 0 Å². The van der Waals surface area contributed by atoms with Gasteiger partial charge >= 0.3 is 144 Å². The number of fused-ring (bicyclic) bond motifs is 1. The molecule has 0 bridgehead atoms. The third-order valence-electron chi connectivity index (χ3n) is 5.00. The molecule has 0 heterocycles. The standard InChI is InChI=1S/C18H18F3.2ClH.Zr/c1-2-12-10-14-4-3-5-16(17(14)11-12)13-6-8-15(9-7-13)18(19,20)21;;;/h3-10,12,16-17H,2,11H2,1H3;2*1H;/q;;;+2/p-2. The second-order valence-electron chi connectivity index (χ2n) is 6.19. The molecule has 0 amide bonds. The minimum atomic E-state index is -4.26. The summed E-state index contributed by atoms with van der Waals surface area (Å²) in [5.41, 5.74) is 1.94. The molecule has 3 rings (SSSR count). The van der Waals surface area contributed by atoms with Crippen molar-refractivity contribution in [1.82, 2.24) is 0 Å². The largest absolute Gasteiger partial charge is 1.00 e. The molecule has 0 aliphatic heterocycles. The van der Waals surface area contributed by atoms with Crippen LogP contribution in [0.5, 0.6) is 0 Å². The smallest absolute Gasteiger partial charge is 1.00 e. The molecular weight excluding hydrogens is 435 g/mol. The van der Waals surface area contributed by atoms with Crippen LogP contribution in [0.15, 0.2) is 48.1 Å². The zero-order chi connectivity index (χ0) is 15.9. The predicted octanol–water partition coefficient (Wildman–Crippen LogP) is -0.325. The minimum absolute atomic E-state index is 0. The Bertz CT molecular complexity index is 608. The van der Waals surface area contributed by atoms with Crippen molar-refractivity contribution >= 4 is 0 Å². The quantitative estimate of drug-likeness (QED) is 0.576.